The molecule has 0 saturated carbocycles. The molecule has 59 heavy (non-hydrogen) atoms. The molecular formula is C53H102O6. The summed E-state index contributed by atoms with van der Waals surface area (Å²) in [5, 5.41) is 19.4. The highest BCUT2D eigenvalue weighted by Crippen LogP contribution is 2.35. The number of carbonyl (C=O) groups excluding carboxylic acids is 3. The SMILES string of the molecule is CCCCCCCCCCCCCCCCC(C(=O)CCCCCCCCCCCCCCC)(C(=O)CCCCCCCCCCCCCCC)C(=O)OCC(O)CO. The highest BCUT2D eigenvalue weighted by Gasteiger charge is 2.51. The quantitative estimate of drug-likeness (QED) is 0.0360. The van der Waals surface area contributed by atoms with Gasteiger partial charge in [-0.3, -0.25) is 14.4 Å². The van der Waals surface area contributed by atoms with Crippen molar-refractivity contribution in [3.63, 3.8) is 0 Å². The summed E-state index contributed by atoms with van der Waals surface area (Å²) in [7, 11) is 0. The first-order valence-corrected chi connectivity index (χ1v) is 26.4. The first kappa shape index (κ1) is 57.7. The predicted octanol–water partition coefficient (Wildman–Crippen LogP) is 15.8. The molecular weight excluding hydrogens is 733 g/mol. The van der Waals surface area contributed by atoms with Gasteiger partial charge in [-0.25, -0.2) is 0 Å². The molecule has 0 aliphatic carbocycles. The van der Waals surface area contributed by atoms with E-state index in [1.165, 1.54) is 180 Å². The van der Waals surface area contributed by atoms with E-state index in [-0.39, 0.29) is 30.8 Å². The van der Waals surface area contributed by atoms with Gasteiger partial charge in [0.2, 0.25) is 0 Å². The summed E-state index contributed by atoms with van der Waals surface area (Å²) in [5.41, 5.74) is -1.80. The number of hydrogen-bond acceptors (Lipinski definition) is 6. The number of hydrogen-bond donors (Lipinski definition) is 2. The van der Waals surface area contributed by atoms with Gasteiger partial charge in [-0.1, -0.05) is 265 Å². The molecule has 0 amide bonds. The Balaban J connectivity index is 5.16. The molecule has 0 saturated heterocycles. The van der Waals surface area contributed by atoms with E-state index in [2.05, 4.69) is 20.8 Å². The van der Waals surface area contributed by atoms with E-state index in [1.807, 2.05) is 0 Å². The van der Waals surface area contributed by atoms with Gasteiger partial charge in [0.1, 0.15) is 12.7 Å². The lowest BCUT2D eigenvalue weighted by molar-refractivity contribution is -0.168. The highest BCUT2D eigenvalue weighted by atomic mass is 16.5. The van der Waals surface area contributed by atoms with Crippen molar-refractivity contribution in [1.82, 2.24) is 0 Å². The predicted molar refractivity (Wildman–Crippen MR) is 252 cm³/mol. The van der Waals surface area contributed by atoms with Crippen LogP contribution in [0.1, 0.15) is 297 Å². The van der Waals surface area contributed by atoms with Crippen molar-refractivity contribution in [2.45, 2.75) is 303 Å². The minimum atomic E-state index is -1.80. The van der Waals surface area contributed by atoms with Crippen LogP contribution >= 0.6 is 0 Å². The maximum absolute atomic E-state index is 14.2. The summed E-state index contributed by atoms with van der Waals surface area (Å²) >= 11 is 0. The maximum Gasteiger partial charge on any atom is 0.327 e. The van der Waals surface area contributed by atoms with Crippen LogP contribution in [-0.2, 0) is 19.1 Å². The number of ketones is 2. The van der Waals surface area contributed by atoms with Crippen LogP contribution in [0.4, 0.5) is 0 Å². The number of Topliss-reactive ketones (excluding diaryl/α,β-unsaturated/α-hetero) is 2. The zero-order valence-electron chi connectivity index (χ0n) is 39.9. The van der Waals surface area contributed by atoms with Gasteiger partial charge < -0.3 is 14.9 Å². The van der Waals surface area contributed by atoms with Crippen LogP contribution in [0.25, 0.3) is 0 Å². The van der Waals surface area contributed by atoms with E-state index in [4.69, 9.17) is 4.74 Å². The van der Waals surface area contributed by atoms with Crippen LogP contribution in [0.2, 0.25) is 0 Å². The summed E-state index contributed by atoms with van der Waals surface area (Å²) < 4.78 is 5.52. The minimum Gasteiger partial charge on any atom is -0.462 e. The second kappa shape index (κ2) is 44.8. The third kappa shape index (κ3) is 34.0. The molecule has 0 rings (SSSR count). The molecule has 6 heteroatoms. The van der Waals surface area contributed by atoms with Crippen molar-refractivity contribution in [3.8, 4) is 0 Å². The molecule has 0 aromatic carbocycles. The largest absolute Gasteiger partial charge is 0.462 e. The van der Waals surface area contributed by atoms with Gasteiger partial charge in [-0.05, 0) is 19.3 Å². The number of ether oxygens (including phenoxy) is 1. The molecule has 0 bridgehead atoms. The summed E-state index contributed by atoms with van der Waals surface area (Å²) in [6, 6.07) is 0. The molecule has 0 aromatic heterocycles. The van der Waals surface area contributed by atoms with Gasteiger partial charge in [-0.15, -0.1) is 0 Å². The van der Waals surface area contributed by atoms with Crippen molar-refractivity contribution in [2.75, 3.05) is 13.2 Å². The van der Waals surface area contributed by atoms with Gasteiger partial charge >= 0.3 is 5.97 Å². The Morgan fingerprint density at radius 1 is 0.390 bits per heavy atom. The summed E-state index contributed by atoms with van der Waals surface area (Å²) in [6.07, 6.45) is 47.6. The summed E-state index contributed by atoms with van der Waals surface area (Å²) in [6.45, 7) is 5.83. The first-order chi connectivity index (χ1) is 28.9. The van der Waals surface area contributed by atoms with Crippen LogP contribution in [0, 0.1) is 5.41 Å². The van der Waals surface area contributed by atoms with Crippen LogP contribution in [0.5, 0.6) is 0 Å². The molecule has 0 spiro atoms. The lowest BCUT2D eigenvalue weighted by Crippen LogP contribution is -2.48. The molecule has 0 fully saturated rings. The molecule has 0 aromatic rings. The smallest absolute Gasteiger partial charge is 0.327 e. The van der Waals surface area contributed by atoms with Crippen molar-refractivity contribution in [2.24, 2.45) is 5.41 Å². The fraction of sp³-hybridized carbons (Fsp3) is 0.943. The standard InChI is InChI=1S/C53H102O6/c1-4-7-10-13-16-19-22-25-28-31-34-37-40-43-46-53(52(58)59-48-49(55)47-54,50(56)44-41-38-35-32-29-26-23-20-17-14-11-8-5-2)51(57)45-42-39-36-33-30-27-24-21-18-15-12-9-6-3/h49,54-55H,4-48H2,1-3H3. The average molecular weight is 835 g/mol. The number of esters is 1. The lowest BCUT2D eigenvalue weighted by Gasteiger charge is -2.29. The van der Waals surface area contributed by atoms with E-state index in [1.54, 1.807) is 0 Å². The van der Waals surface area contributed by atoms with Crippen LogP contribution < -0.4 is 0 Å². The van der Waals surface area contributed by atoms with Gasteiger partial charge in [0, 0.05) is 12.8 Å². The van der Waals surface area contributed by atoms with Crippen molar-refractivity contribution in [3.05, 3.63) is 0 Å². The average Bonchev–Trinajstić information content (AvgIpc) is 3.24. The van der Waals surface area contributed by atoms with Crippen molar-refractivity contribution < 1.29 is 29.3 Å². The third-order valence-corrected chi connectivity index (χ3v) is 12.8. The fourth-order valence-corrected chi connectivity index (χ4v) is 8.73. The molecule has 1 atom stereocenters. The first-order valence-electron chi connectivity index (χ1n) is 26.4. The van der Waals surface area contributed by atoms with E-state index in [0.717, 1.165) is 57.8 Å². The normalized spacial score (nSPS) is 12.3. The maximum atomic E-state index is 14.2. The van der Waals surface area contributed by atoms with Gasteiger partial charge in [-0.2, -0.15) is 0 Å². The minimum absolute atomic E-state index is 0.188. The number of aliphatic hydroxyl groups excluding tert-OH is 2. The van der Waals surface area contributed by atoms with E-state index >= 15 is 0 Å². The van der Waals surface area contributed by atoms with Gasteiger partial charge in [0.25, 0.3) is 0 Å². The van der Waals surface area contributed by atoms with Crippen molar-refractivity contribution >= 4 is 17.5 Å². The van der Waals surface area contributed by atoms with E-state index < -0.39 is 30.7 Å². The Hall–Kier alpha value is -1.27. The van der Waals surface area contributed by atoms with Gasteiger partial charge in [0.05, 0.1) is 6.61 Å². The van der Waals surface area contributed by atoms with Crippen LogP contribution in [0.15, 0.2) is 0 Å². The molecule has 1 unspecified atom stereocenters. The molecule has 0 heterocycles. The number of aliphatic hydroxyl groups is 2. The molecule has 2 N–H and O–H groups in total. The van der Waals surface area contributed by atoms with Crippen molar-refractivity contribution in [1.29, 1.82) is 0 Å². The molecule has 6 nitrogen and oxygen atoms in total. The highest BCUT2D eigenvalue weighted by molar-refractivity contribution is 6.22. The number of rotatable bonds is 49. The molecule has 0 aliphatic rings. The molecule has 0 radical (unpaired) electrons. The number of unbranched alkanes of at least 4 members (excludes halogenated alkanes) is 37. The van der Waals surface area contributed by atoms with Crippen LogP contribution in [0.3, 0.4) is 0 Å². The second-order valence-electron chi connectivity index (χ2n) is 18.5. The molecule has 350 valence electrons. The molecule has 0 aliphatic heterocycles. The van der Waals surface area contributed by atoms with Gasteiger partial charge in [0.15, 0.2) is 17.0 Å². The summed E-state index contributed by atoms with van der Waals surface area (Å²) in [5.74, 6) is -1.39. The monoisotopic (exact) mass is 835 g/mol. The van der Waals surface area contributed by atoms with E-state index in [9.17, 15) is 24.6 Å². The topological polar surface area (TPSA) is 101 Å². The van der Waals surface area contributed by atoms with E-state index in [0.29, 0.717) is 19.3 Å². The Morgan fingerprint density at radius 3 is 0.881 bits per heavy atom. The zero-order chi connectivity index (χ0) is 43.3. The Labute approximate surface area is 367 Å². The fourth-order valence-electron chi connectivity index (χ4n) is 8.73. The zero-order valence-corrected chi connectivity index (χ0v) is 39.9. The Bertz CT molecular complexity index is 876. The number of carbonyl (C=O) groups is 3. The third-order valence-electron chi connectivity index (χ3n) is 12.8. The summed E-state index contributed by atoms with van der Waals surface area (Å²) in [4.78, 5) is 42.4. The Morgan fingerprint density at radius 2 is 0.627 bits per heavy atom. The van der Waals surface area contributed by atoms with Crippen LogP contribution in [-0.4, -0.2) is 47.1 Å². The lowest BCUT2D eigenvalue weighted by atomic mass is 9.72. The Kier molecular flexibility index (Phi) is 43.8. The second-order valence-corrected chi connectivity index (χ2v) is 18.5.